The standard InChI is InChI=1S/C17H19NO2/c1-3-20-17(19)14-9-6-10-16(11-14)18-12-15-8-5-4-7-13(15)2/h4-11,18H,3,12H2,1-2H3. The molecule has 0 saturated heterocycles. The SMILES string of the molecule is CCOC(=O)c1cccc(NCc2ccccc2C)c1. The Labute approximate surface area is 119 Å². The topological polar surface area (TPSA) is 38.3 Å². The molecule has 3 heteroatoms. The number of aryl methyl sites for hydroxylation is 1. The van der Waals surface area contributed by atoms with Crippen molar-refractivity contribution in [3.63, 3.8) is 0 Å². The number of ether oxygens (including phenoxy) is 1. The van der Waals surface area contributed by atoms with Crippen LogP contribution in [0, 0.1) is 6.92 Å². The summed E-state index contributed by atoms with van der Waals surface area (Å²) < 4.78 is 5.00. The summed E-state index contributed by atoms with van der Waals surface area (Å²) in [6.45, 7) is 5.02. The van der Waals surface area contributed by atoms with E-state index in [0.29, 0.717) is 12.2 Å². The van der Waals surface area contributed by atoms with E-state index < -0.39 is 0 Å². The van der Waals surface area contributed by atoms with Gasteiger partial charge < -0.3 is 10.1 Å². The zero-order chi connectivity index (χ0) is 14.4. The van der Waals surface area contributed by atoms with Gasteiger partial charge in [-0.05, 0) is 43.2 Å². The van der Waals surface area contributed by atoms with Crippen molar-refractivity contribution < 1.29 is 9.53 Å². The van der Waals surface area contributed by atoms with E-state index in [1.165, 1.54) is 11.1 Å². The average molecular weight is 269 g/mol. The molecule has 0 saturated carbocycles. The molecule has 3 nitrogen and oxygen atoms in total. The van der Waals surface area contributed by atoms with E-state index >= 15 is 0 Å². The summed E-state index contributed by atoms with van der Waals surface area (Å²) in [5.41, 5.74) is 3.98. The monoisotopic (exact) mass is 269 g/mol. The third kappa shape index (κ3) is 3.60. The summed E-state index contributed by atoms with van der Waals surface area (Å²) in [5, 5.41) is 3.33. The Morgan fingerprint density at radius 2 is 1.95 bits per heavy atom. The summed E-state index contributed by atoms with van der Waals surface area (Å²) in [6, 6.07) is 15.6. The second kappa shape index (κ2) is 6.75. The third-order valence-electron chi connectivity index (χ3n) is 3.12. The maximum atomic E-state index is 11.7. The Bertz CT molecular complexity index is 593. The lowest BCUT2D eigenvalue weighted by atomic mass is 10.1. The van der Waals surface area contributed by atoms with E-state index in [0.717, 1.165) is 12.2 Å². The van der Waals surface area contributed by atoms with E-state index in [4.69, 9.17) is 4.74 Å². The molecule has 0 aliphatic rings. The predicted molar refractivity (Wildman–Crippen MR) is 80.9 cm³/mol. The van der Waals surface area contributed by atoms with Gasteiger partial charge in [0, 0.05) is 12.2 Å². The number of anilines is 1. The van der Waals surface area contributed by atoms with Crippen LogP contribution in [0.1, 0.15) is 28.4 Å². The molecule has 0 atom stereocenters. The second-order valence-electron chi connectivity index (χ2n) is 4.58. The number of carbonyl (C=O) groups excluding carboxylic acids is 1. The first kappa shape index (κ1) is 14.1. The fourth-order valence-corrected chi connectivity index (χ4v) is 1.98. The van der Waals surface area contributed by atoms with Crippen molar-refractivity contribution in [2.45, 2.75) is 20.4 Å². The molecule has 2 aromatic carbocycles. The van der Waals surface area contributed by atoms with E-state index in [2.05, 4.69) is 24.4 Å². The van der Waals surface area contributed by atoms with Gasteiger partial charge in [-0.1, -0.05) is 30.3 Å². The molecule has 0 aliphatic carbocycles. The van der Waals surface area contributed by atoms with Crippen LogP contribution in [0.2, 0.25) is 0 Å². The van der Waals surface area contributed by atoms with Gasteiger partial charge in [0.2, 0.25) is 0 Å². The van der Waals surface area contributed by atoms with Crippen molar-refractivity contribution in [3.8, 4) is 0 Å². The molecule has 2 rings (SSSR count). The lowest BCUT2D eigenvalue weighted by Gasteiger charge is -2.10. The number of hydrogen-bond donors (Lipinski definition) is 1. The van der Waals surface area contributed by atoms with Crippen molar-refractivity contribution in [2.75, 3.05) is 11.9 Å². The normalized spacial score (nSPS) is 10.1. The van der Waals surface area contributed by atoms with E-state index in [9.17, 15) is 4.79 Å². The first-order chi connectivity index (χ1) is 9.70. The van der Waals surface area contributed by atoms with Crippen LogP contribution in [0.25, 0.3) is 0 Å². The Kier molecular flexibility index (Phi) is 4.77. The smallest absolute Gasteiger partial charge is 0.338 e. The van der Waals surface area contributed by atoms with Crippen LogP contribution in [0.15, 0.2) is 48.5 Å². The third-order valence-corrected chi connectivity index (χ3v) is 3.12. The Morgan fingerprint density at radius 3 is 2.70 bits per heavy atom. The van der Waals surface area contributed by atoms with Gasteiger partial charge in [-0.15, -0.1) is 0 Å². The maximum absolute atomic E-state index is 11.7. The lowest BCUT2D eigenvalue weighted by molar-refractivity contribution is 0.0526. The number of rotatable bonds is 5. The van der Waals surface area contributed by atoms with Crippen LogP contribution >= 0.6 is 0 Å². The maximum Gasteiger partial charge on any atom is 0.338 e. The molecule has 0 aromatic heterocycles. The summed E-state index contributed by atoms with van der Waals surface area (Å²) in [5.74, 6) is -0.285. The molecule has 0 spiro atoms. The fraction of sp³-hybridized carbons (Fsp3) is 0.235. The molecular weight excluding hydrogens is 250 g/mol. The molecule has 0 heterocycles. The Morgan fingerprint density at radius 1 is 1.15 bits per heavy atom. The van der Waals surface area contributed by atoms with E-state index in [-0.39, 0.29) is 5.97 Å². The van der Waals surface area contributed by atoms with E-state index in [1.807, 2.05) is 30.3 Å². The molecule has 0 bridgehead atoms. The number of carbonyl (C=O) groups is 1. The van der Waals surface area contributed by atoms with Crippen molar-refractivity contribution in [3.05, 3.63) is 65.2 Å². The first-order valence-corrected chi connectivity index (χ1v) is 6.76. The second-order valence-corrected chi connectivity index (χ2v) is 4.58. The zero-order valence-electron chi connectivity index (χ0n) is 11.8. The molecule has 1 N–H and O–H groups in total. The lowest BCUT2D eigenvalue weighted by Crippen LogP contribution is -2.06. The average Bonchev–Trinajstić information content (AvgIpc) is 2.47. The highest BCUT2D eigenvalue weighted by Crippen LogP contribution is 2.14. The van der Waals surface area contributed by atoms with Crippen LogP contribution in [-0.4, -0.2) is 12.6 Å². The minimum Gasteiger partial charge on any atom is -0.462 e. The summed E-state index contributed by atoms with van der Waals surface area (Å²) in [4.78, 5) is 11.7. The van der Waals surface area contributed by atoms with Crippen molar-refractivity contribution >= 4 is 11.7 Å². The summed E-state index contributed by atoms with van der Waals surface area (Å²) in [6.07, 6.45) is 0. The van der Waals surface area contributed by atoms with Gasteiger partial charge in [-0.25, -0.2) is 4.79 Å². The molecule has 0 amide bonds. The minimum absolute atomic E-state index is 0.285. The minimum atomic E-state index is -0.285. The van der Waals surface area contributed by atoms with Gasteiger partial charge in [-0.3, -0.25) is 0 Å². The van der Waals surface area contributed by atoms with Crippen LogP contribution < -0.4 is 5.32 Å². The highest BCUT2D eigenvalue weighted by Gasteiger charge is 2.06. The first-order valence-electron chi connectivity index (χ1n) is 6.76. The van der Waals surface area contributed by atoms with Crippen molar-refractivity contribution in [1.29, 1.82) is 0 Å². The largest absolute Gasteiger partial charge is 0.462 e. The Balaban J connectivity index is 2.05. The number of nitrogens with one attached hydrogen (secondary N) is 1. The molecular formula is C17H19NO2. The van der Waals surface area contributed by atoms with Gasteiger partial charge in [0.15, 0.2) is 0 Å². The summed E-state index contributed by atoms with van der Waals surface area (Å²) in [7, 11) is 0. The van der Waals surface area contributed by atoms with Crippen LogP contribution in [0.4, 0.5) is 5.69 Å². The highest BCUT2D eigenvalue weighted by atomic mass is 16.5. The number of esters is 1. The molecule has 0 radical (unpaired) electrons. The van der Waals surface area contributed by atoms with Crippen LogP contribution in [0.5, 0.6) is 0 Å². The van der Waals surface area contributed by atoms with Crippen LogP contribution in [-0.2, 0) is 11.3 Å². The number of benzene rings is 2. The summed E-state index contributed by atoms with van der Waals surface area (Å²) >= 11 is 0. The highest BCUT2D eigenvalue weighted by molar-refractivity contribution is 5.90. The molecule has 20 heavy (non-hydrogen) atoms. The molecule has 104 valence electrons. The van der Waals surface area contributed by atoms with Crippen molar-refractivity contribution in [1.82, 2.24) is 0 Å². The quantitative estimate of drug-likeness (QED) is 0.839. The zero-order valence-corrected chi connectivity index (χ0v) is 11.8. The predicted octanol–water partition coefficient (Wildman–Crippen LogP) is 3.78. The van der Waals surface area contributed by atoms with Gasteiger partial charge in [0.05, 0.1) is 12.2 Å². The van der Waals surface area contributed by atoms with Gasteiger partial charge >= 0.3 is 5.97 Å². The number of hydrogen-bond acceptors (Lipinski definition) is 3. The van der Waals surface area contributed by atoms with Gasteiger partial charge in [0.1, 0.15) is 0 Å². The van der Waals surface area contributed by atoms with Crippen molar-refractivity contribution in [2.24, 2.45) is 0 Å². The van der Waals surface area contributed by atoms with E-state index in [1.54, 1.807) is 13.0 Å². The van der Waals surface area contributed by atoms with Gasteiger partial charge in [0.25, 0.3) is 0 Å². The molecule has 0 fully saturated rings. The molecule has 0 aliphatic heterocycles. The molecule has 2 aromatic rings. The Hall–Kier alpha value is -2.29. The van der Waals surface area contributed by atoms with Gasteiger partial charge in [-0.2, -0.15) is 0 Å². The fourth-order valence-electron chi connectivity index (χ4n) is 1.98. The molecule has 0 unspecified atom stereocenters. The van der Waals surface area contributed by atoms with Crippen LogP contribution in [0.3, 0.4) is 0 Å².